The lowest BCUT2D eigenvalue weighted by atomic mass is 9.96. The fraction of sp³-hybridized carbons (Fsp3) is 0.348. The molecule has 8 heteroatoms. The summed E-state index contributed by atoms with van der Waals surface area (Å²) in [4.78, 5) is 14.6. The summed E-state index contributed by atoms with van der Waals surface area (Å²) in [6.45, 7) is 1.88. The lowest BCUT2D eigenvalue weighted by molar-refractivity contribution is -0.125. The van der Waals surface area contributed by atoms with E-state index in [1.807, 2.05) is 53.4 Å². The van der Waals surface area contributed by atoms with E-state index in [1.54, 1.807) is 14.2 Å². The zero-order chi connectivity index (χ0) is 21.6. The Bertz CT molecular complexity index is 1010. The summed E-state index contributed by atoms with van der Waals surface area (Å²) < 4.78 is 16.3. The van der Waals surface area contributed by atoms with Crippen molar-refractivity contribution in [2.75, 3.05) is 32.2 Å². The average molecular weight is 422 g/mol. The third kappa shape index (κ3) is 4.96. The smallest absolute Gasteiger partial charge is 0.318 e. The Hall–Kier alpha value is -3.55. The molecule has 0 unspecified atom stereocenters. The molecule has 8 nitrogen and oxygen atoms in total. The maximum Gasteiger partial charge on any atom is 0.318 e. The minimum atomic E-state index is -0.0224. The van der Waals surface area contributed by atoms with E-state index in [-0.39, 0.29) is 11.8 Å². The molecule has 0 aliphatic carbocycles. The van der Waals surface area contributed by atoms with Gasteiger partial charge in [-0.05, 0) is 54.8 Å². The largest absolute Gasteiger partial charge is 0.497 e. The van der Waals surface area contributed by atoms with E-state index in [0.29, 0.717) is 31.5 Å². The van der Waals surface area contributed by atoms with Crippen LogP contribution in [0.4, 0.5) is 6.01 Å². The van der Waals surface area contributed by atoms with Gasteiger partial charge < -0.3 is 24.1 Å². The molecule has 1 aromatic heterocycles. The molecule has 1 amide bonds. The van der Waals surface area contributed by atoms with Crippen molar-refractivity contribution in [1.82, 2.24) is 15.5 Å². The van der Waals surface area contributed by atoms with Gasteiger partial charge in [-0.1, -0.05) is 17.2 Å². The third-order valence-corrected chi connectivity index (χ3v) is 5.49. The van der Waals surface area contributed by atoms with Crippen molar-refractivity contribution < 1.29 is 18.7 Å². The molecule has 0 atom stereocenters. The summed E-state index contributed by atoms with van der Waals surface area (Å²) in [5.41, 5.74) is 1.86. The van der Waals surface area contributed by atoms with Crippen LogP contribution in [0.2, 0.25) is 0 Å². The Morgan fingerprint density at radius 2 is 1.81 bits per heavy atom. The Kier molecular flexibility index (Phi) is 6.35. The van der Waals surface area contributed by atoms with Crippen LogP contribution in [-0.2, 0) is 11.3 Å². The van der Waals surface area contributed by atoms with Crippen molar-refractivity contribution >= 4 is 11.9 Å². The van der Waals surface area contributed by atoms with E-state index in [2.05, 4.69) is 15.5 Å². The molecule has 2 aromatic carbocycles. The fourth-order valence-electron chi connectivity index (χ4n) is 3.64. The highest BCUT2D eigenvalue weighted by atomic mass is 16.5. The number of hydrogen-bond donors (Lipinski definition) is 1. The molecule has 4 rings (SSSR count). The predicted octanol–water partition coefficient (Wildman–Crippen LogP) is 3.29. The number of ether oxygens (including phenoxy) is 2. The second-order valence-electron chi connectivity index (χ2n) is 7.45. The molecule has 3 aromatic rings. The molecule has 0 bridgehead atoms. The quantitative estimate of drug-likeness (QED) is 0.625. The van der Waals surface area contributed by atoms with Crippen LogP contribution in [0, 0.1) is 5.92 Å². The molecule has 1 fully saturated rings. The fourth-order valence-corrected chi connectivity index (χ4v) is 3.64. The molecule has 2 heterocycles. The van der Waals surface area contributed by atoms with Gasteiger partial charge in [0.05, 0.1) is 14.2 Å². The number of methoxy groups -OCH3 is 2. The van der Waals surface area contributed by atoms with Gasteiger partial charge in [-0.25, -0.2) is 0 Å². The summed E-state index contributed by atoms with van der Waals surface area (Å²) >= 11 is 0. The SMILES string of the molecule is COc1ccc(-c2nnc(N3CCC(C(=O)NCc4cccc(OC)c4)CC3)o2)cc1. The summed E-state index contributed by atoms with van der Waals surface area (Å²) in [6.07, 6.45) is 1.48. The van der Waals surface area contributed by atoms with Crippen LogP contribution >= 0.6 is 0 Å². The van der Waals surface area contributed by atoms with Crippen LogP contribution in [0.15, 0.2) is 52.9 Å². The Morgan fingerprint density at radius 3 is 2.52 bits per heavy atom. The Balaban J connectivity index is 1.29. The second-order valence-corrected chi connectivity index (χ2v) is 7.45. The van der Waals surface area contributed by atoms with E-state index in [4.69, 9.17) is 13.9 Å². The zero-order valence-electron chi connectivity index (χ0n) is 17.7. The number of carbonyl (C=O) groups is 1. The maximum atomic E-state index is 12.6. The Morgan fingerprint density at radius 1 is 1.06 bits per heavy atom. The highest BCUT2D eigenvalue weighted by Crippen LogP contribution is 2.27. The predicted molar refractivity (Wildman–Crippen MR) is 116 cm³/mol. The third-order valence-electron chi connectivity index (χ3n) is 5.49. The normalized spacial score (nSPS) is 14.3. The van der Waals surface area contributed by atoms with Gasteiger partial charge in [-0.2, -0.15) is 0 Å². The molecule has 1 N–H and O–H groups in total. The molecule has 1 saturated heterocycles. The van der Waals surface area contributed by atoms with Crippen molar-refractivity contribution in [2.24, 2.45) is 5.92 Å². The van der Waals surface area contributed by atoms with Crippen LogP contribution in [0.25, 0.3) is 11.5 Å². The van der Waals surface area contributed by atoms with Gasteiger partial charge in [0.1, 0.15) is 11.5 Å². The van der Waals surface area contributed by atoms with Gasteiger partial charge in [-0.3, -0.25) is 4.79 Å². The van der Waals surface area contributed by atoms with Crippen LogP contribution in [0.1, 0.15) is 18.4 Å². The van der Waals surface area contributed by atoms with Crippen molar-refractivity contribution in [3.63, 3.8) is 0 Å². The van der Waals surface area contributed by atoms with Gasteiger partial charge in [0, 0.05) is 31.1 Å². The number of benzene rings is 2. The van der Waals surface area contributed by atoms with Crippen molar-refractivity contribution in [3.8, 4) is 23.0 Å². The second kappa shape index (κ2) is 9.51. The van der Waals surface area contributed by atoms with Crippen molar-refractivity contribution in [2.45, 2.75) is 19.4 Å². The average Bonchev–Trinajstić information content (AvgIpc) is 3.33. The van der Waals surface area contributed by atoms with E-state index in [1.165, 1.54) is 0 Å². The van der Waals surface area contributed by atoms with Crippen LogP contribution in [0.5, 0.6) is 11.5 Å². The van der Waals surface area contributed by atoms with E-state index >= 15 is 0 Å². The summed E-state index contributed by atoms with van der Waals surface area (Å²) in [6, 6.07) is 15.7. The molecule has 162 valence electrons. The molecule has 0 spiro atoms. The first kappa shape index (κ1) is 20.7. The Labute approximate surface area is 181 Å². The lowest BCUT2D eigenvalue weighted by Crippen LogP contribution is -2.40. The number of aromatic nitrogens is 2. The van der Waals surface area contributed by atoms with Gasteiger partial charge >= 0.3 is 6.01 Å². The number of carbonyl (C=O) groups excluding carboxylic acids is 1. The number of nitrogens with zero attached hydrogens (tertiary/aromatic N) is 3. The van der Waals surface area contributed by atoms with Crippen molar-refractivity contribution in [3.05, 3.63) is 54.1 Å². The first-order chi connectivity index (χ1) is 15.2. The summed E-state index contributed by atoms with van der Waals surface area (Å²) in [7, 11) is 3.26. The molecule has 1 aliphatic rings. The zero-order valence-corrected chi connectivity index (χ0v) is 17.7. The summed E-state index contributed by atoms with van der Waals surface area (Å²) in [5, 5.41) is 11.4. The lowest BCUT2D eigenvalue weighted by Gasteiger charge is -2.29. The van der Waals surface area contributed by atoms with Crippen LogP contribution in [0.3, 0.4) is 0 Å². The molecule has 1 aliphatic heterocycles. The van der Waals surface area contributed by atoms with Crippen LogP contribution in [-0.4, -0.2) is 43.4 Å². The maximum absolute atomic E-state index is 12.6. The molecule has 31 heavy (non-hydrogen) atoms. The van der Waals surface area contributed by atoms with Crippen LogP contribution < -0.4 is 19.7 Å². The number of piperidine rings is 1. The topological polar surface area (TPSA) is 89.7 Å². The van der Waals surface area contributed by atoms with Gasteiger partial charge in [-0.15, -0.1) is 5.10 Å². The highest BCUT2D eigenvalue weighted by Gasteiger charge is 2.27. The monoisotopic (exact) mass is 422 g/mol. The molecule has 0 radical (unpaired) electrons. The van der Waals surface area contributed by atoms with Crippen molar-refractivity contribution in [1.29, 1.82) is 0 Å². The van der Waals surface area contributed by atoms with Gasteiger partial charge in [0.25, 0.3) is 0 Å². The first-order valence-electron chi connectivity index (χ1n) is 10.3. The number of amides is 1. The number of anilines is 1. The van der Waals surface area contributed by atoms with E-state index in [0.717, 1.165) is 35.5 Å². The minimum absolute atomic E-state index is 0.0224. The minimum Gasteiger partial charge on any atom is -0.497 e. The van der Waals surface area contributed by atoms with E-state index < -0.39 is 0 Å². The first-order valence-corrected chi connectivity index (χ1v) is 10.3. The molecular weight excluding hydrogens is 396 g/mol. The highest BCUT2D eigenvalue weighted by molar-refractivity contribution is 5.79. The summed E-state index contributed by atoms with van der Waals surface area (Å²) in [5.74, 6) is 2.08. The van der Waals surface area contributed by atoms with Gasteiger partial charge in [0.2, 0.25) is 11.8 Å². The number of nitrogens with one attached hydrogen (secondary N) is 1. The molecular formula is C23H26N4O4. The van der Waals surface area contributed by atoms with E-state index in [9.17, 15) is 4.79 Å². The molecule has 0 saturated carbocycles. The standard InChI is InChI=1S/C23H26N4O4/c1-29-19-8-6-18(7-9-19)22-25-26-23(31-22)27-12-10-17(11-13-27)21(28)24-15-16-4-3-5-20(14-16)30-2/h3-9,14,17H,10-13,15H2,1-2H3,(H,24,28). The van der Waals surface area contributed by atoms with Gasteiger partial charge in [0.15, 0.2) is 0 Å². The number of hydrogen-bond acceptors (Lipinski definition) is 7. The number of rotatable bonds is 7.